The van der Waals surface area contributed by atoms with Crippen molar-refractivity contribution in [3.05, 3.63) is 30.2 Å². The van der Waals surface area contributed by atoms with Gasteiger partial charge in [0.1, 0.15) is 0 Å². The number of hydrogen-bond donors (Lipinski definition) is 2. The van der Waals surface area contributed by atoms with Crippen LogP contribution in [0.25, 0.3) is 5.65 Å². The number of carboxylic acid groups (broad SMARTS) is 1. The second kappa shape index (κ2) is 4.34. The first-order valence-electron chi connectivity index (χ1n) is 5.96. The van der Waals surface area contributed by atoms with Gasteiger partial charge in [0.25, 0.3) is 0 Å². The van der Waals surface area contributed by atoms with E-state index >= 15 is 0 Å². The number of amides is 1. The molecule has 2 N–H and O–H groups in total. The van der Waals surface area contributed by atoms with Crippen molar-refractivity contribution in [2.24, 2.45) is 11.8 Å². The zero-order valence-corrected chi connectivity index (χ0v) is 9.98. The molecule has 2 aromatic heterocycles. The van der Waals surface area contributed by atoms with Crippen LogP contribution in [-0.4, -0.2) is 31.6 Å². The van der Waals surface area contributed by atoms with Crippen LogP contribution in [0.3, 0.4) is 0 Å². The molecular formula is C12H12N4O3. The van der Waals surface area contributed by atoms with Crippen LogP contribution in [0.4, 0.5) is 0 Å². The average Bonchev–Trinajstić information content (AvgIpc) is 3.11. The maximum absolute atomic E-state index is 11.7. The number of carboxylic acids is 1. The Morgan fingerprint density at radius 1 is 1.37 bits per heavy atom. The van der Waals surface area contributed by atoms with Crippen molar-refractivity contribution in [3.8, 4) is 0 Å². The van der Waals surface area contributed by atoms with E-state index in [0.717, 1.165) is 0 Å². The summed E-state index contributed by atoms with van der Waals surface area (Å²) in [5, 5.41) is 19.4. The molecule has 2 heterocycles. The van der Waals surface area contributed by atoms with Crippen LogP contribution in [0.15, 0.2) is 24.4 Å². The highest BCUT2D eigenvalue weighted by atomic mass is 16.4. The lowest BCUT2D eigenvalue weighted by Crippen LogP contribution is -2.26. The molecule has 7 nitrogen and oxygen atoms in total. The Hall–Kier alpha value is -2.44. The van der Waals surface area contributed by atoms with Gasteiger partial charge in [0.2, 0.25) is 5.91 Å². The van der Waals surface area contributed by atoms with E-state index in [1.54, 1.807) is 4.40 Å². The molecule has 2 aromatic rings. The summed E-state index contributed by atoms with van der Waals surface area (Å²) in [5.74, 6) is -1.46. The molecule has 98 valence electrons. The summed E-state index contributed by atoms with van der Waals surface area (Å²) < 4.78 is 1.78. The third kappa shape index (κ3) is 2.14. The Morgan fingerprint density at radius 2 is 2.21 bits per heavy atom. The predicted molar refractivity (Wildman–Crippen MR) is 64.1 cm³/mol. The van der Waals surface area contributed by atoms with E-state index in [1.165, 1.54) is 0 Å². The van der Waals surface area contributed by atoms with Crippen LogP contribution in [0.1, 0.15) is 12.2 Å². The summed E-state index contributed by atoms with van der Waals surface area (Å²) in [6, 6.07) is 5.52. The second-order valence-electron chi connectivity index (χ2n) is 4.55. The SMILES string of the molecule is O=C(O)C1CC1C(=O)NCc1nnc2ccccn12. The van der Waals surface area contributed by atoms with Crippen LogP contribution in [-0.2, 0) is 16.1 Å². The molecule has 0 aliphatic heterocycles. The van der Waals surface area contributed by atoms with Crippen molar-refractivity contribution in [2.45, 2.75) is 13.0 Å². The van der Waals surface area contributed by atoms with E-state index in [4.69, 9.17) is 5.11 Å². The van der Waals surface area contributed by atoms with Crippen LogP contribution >= 0.6 is 0 Å². The van der Waals surface area contributed by atoms with Crippen molar-refractivity contribution in [2.75, 3.05) is 0 Å². The average molecular weight is 260 g/mol. The summed E-state index contributed by atoms with van der Waals surface area (Å²) in [7, 11) is 0. The molecule has 2 unspecified atom stereocenters. The normalized spacial score (nSPS) is 21.3. The highest BCUT2D eigenvalue weighted by molar-refractivity contribution is 5.89. The molecule has 0 bridgehead atoms. The third-order valence-corrected chi connectivity index (χ3v) is 3.25. The van der Waals surface area contributed by atoms with Gasteiger partial charge in [0, 0.05) is 6.20 Å². The van der Waals surface area contributed by atoms with Crippen molar-refractivity contribution >= 4 is 17.5 Å². The first-order valence-corrected chi connectivity index (χ1v) is 5.96. The van der Waals surface area contributed by atoms with E-state index in [9.17, 15) is 9.59 Å². The largest absolute Gasteiger partial charge is 0.481 e. The van der Waals surface area contributed by atoms with Crippen LogP contribution in [0.2, 0.25) is 0 Å². The fourth-order valence-electron chi connectivity index (χ4n) is 2.07. The van der Waals surface area contributed by atoms with Gasteiger partial charge in [0.05, 0.1) is 18.4 Å². The van der Waals surface area contributed by atoms with Gasteiger partial charge in [-0.3, -0.25) is 14.0 Å². The Labute approximate surface area is 108 Å². The lowest BCUT2D eigenvalue weighted by atomic mass is 10.3. The number of fused-ring (bicyclic) bond motifs is 1. The van der Waals surface area contributed by atoms with E-state index in [-0.39, 0.29) is 12.5 Å². The molecule has 1 amide bonds. The standard InChI is InChI=1S/C12H12N4O3/c17-11(7-5-8(7)12(18)19)13-6-10-15-14-9-3-1-2-4-16(9)10/h1-4,7-8H,5-6H2,(H,13,17)(H,18,19). The first-order chi connectivity index (χ1) is 9.16. The topological polar surface area (TPSA) is 96.6 Å². The number of carbonyl (C=O) groups is 2. The van der Waals surface area contributed by atoms with E-state index in [1.807, 2.05) is 24.4 Å². The molecule has 0 spiro atoms. The number of hydrogen-bond acceptors (Lipinski definition) is 4. The summed E-state index contributed by atoms with van der Waals surface area (Å²) in [6.07, 6.45) is 2.23. The molecular weight excluding hydrogens is 248 g/mol. The van der Waals surface area contributed by atoms with Gasteiger partial charge in [-0.2, -0.15) is 0 Å². The quantitative estimate of drug-likeness (QED) is 0.810. The molecule has 7 heteroatoms. The highest BCUT2D eigenvalue weighted by Crippen LogP contribution is 2.38. The number of nitrogens with zero attached hydrogens (tertiary/aromatic N) is 3. The Bertz CT molecular complexity index is 651. The number of nitrogens with one attached hydrogen (secondary N) is 1. The van der Waals surface area contributed by atoms with Crippen molar-refractivity contribution in [1.29, 1.82) is 0 Å². The summed E-state index contributed by atoms with van der Waals surface area (Å²) >= 11 is 0. The lowest BCUT2D eigenvalue weighted by Gasteiger charge is -2.02. The molecule has 2 atom stereocenters. The molecule has 1 aliphatic carbocycles. The molecule has 19 heavy (non-hydrogen) atoms. The minimum atomic E-state index is -0.909. The number of rotatable bonds is 4. The minimum Gasteiger partial charge on any atom is -0.481 e. The van der Waals surface area contributed by atoms with E-state index in [2.05, 4.69) is 15.5 Å². The predicted octanol–water partition coefficient (Wildman–Crippen LogP) is 0.0662. The maximum Gasteiger partial charge on any atom is 0.307 e. The monoisotopic (exact) mass is 260 g/mol. The number of pyridine rings is 1. The Morgan fingerprint density at radius 3 is 2.95 bits per heavy atom. The summed E-state index contributed by atoms with van der Waals surface area (Å²) in [4.78, 5) is 22.4. The molecule has 0 radical (unpaired) electrons. The molecule has 0 saturated heterocycles. The number of aromatic nitrogens is 3. The Balaban J connectivity index is 1.64. The van der Waals surface area contributed by atoms with Crippen LogP contribution in [0.5, 0.6) is 0 Å². The fourth-order valence-corrected chi connectivity index (χ4v) is 2.07. The third-order valence-electron chi connectivity index (χ3n) is 3.25. The molecule has 3 rings (SSSR count). The lowest BCUT2D eigenvalue weighted by molar-refractivity contribution is -0.140. The molecule has 0 aromatic carbocycles. The zero-order valence-electron chi connectivity index (χ0n) is 9.98. The first kappa shape index (κ1) is 11.6. The maximum atomic E-state index is 11.7. The van der Waals surface area contributed by atoms with Crippen molar-refractivity contribution in [1.82, 2.24) is 19.9 Å². The second-order valence-corrected chi connectivity index (χ2v) is 4.55. The summed E-state index contributed by atoms with van der Waals surface area (Å²) in [6.45, 7) is 0.243. The van der Waals surface area contributed by atoms with Gasteiger partial charge >= 0.3 is 5.97 Å². The van der Waals surface area contributed by atoms with Crippen LogP contribution < -0.4 is 5.32 Å². The smallest absolute Gasteiger partial charge is 0.307 e. The fraction of sp³-hybridized carbons (Fsp3) is 0.333. The Kier molecular flexibility index (Phi) is 2.66. The molecule has 1 saturated carbocycles. The van der Waals surface area contributed by atoms with Crippen LogP contribution in [0, 0.1) is 11.8 Å². The van der Waals surface area contributed by atoms with Gasteiger partial charge in [0.15, 0.2) is 11.5 Å². The molecule has 1 fully saturated rings. The van der Waals surface area contributed by atoms with Gasteiger partial charge in [-0.1, -0.05) is 6.07 Å². The highest BCUT2D eigenvalue weighted by Gasteiger charge is 2.48. The van der Waals surface area contributed by atoms with Gasteiger partial charge in [-0.25, -0.2) is 0 Å². The number of carbonyl (C=O) groups excluding carboxylic acids is 1. The van der Waals surface area contributed by atoms with Gasteiger partial charge in [-0.05, 0) is 18.6 Å². The van der Waals surface area contributed by atoms with Crippen molar-refractivity contribution < 1.29 is 14.7 Å². The van der Waals surface area contributed by atoms with Gasteiger partial charge < -0.3 is 10.4 Å². The van der Waals surface area contributed by atoms with E-state index < -0.39 is 17.8 Å². The van der Waals surface area contributed by atoms with Crippen molar-refractivity contribution in [3.63, 3.8) is 0 Å². The minimum absolute atomic E-state index is 0.236. The van der Waals surface area contributed by atoms with Gasteiger partial charge in [-0.15, -0.1) is 10.2 Å². The summed E-state index contributed by atoms with van der Waals surface area (Å²) in [5.41, 5.74) is 0.710. The number of aliphatic carboxylic acids is 1. The molecule has 1 aliphatic rings. The zero-order chi connectivity index (χ0) is 13.4. The van der Waals surface area contributed by atoms with E-state index in [0.29, 0.717) is 17.9 Å².